The van der Waals surface area contributed by atoms with E-state index < -0.39 is 0 Å². The van der Waals surface area contributed by atoms with Gasteiger partial charge in [0.25, 0.3) is 0 Å². The van der Waals surface area contributed by atoms with Crippen molar-refractivity contribution in [3.8, 4) is 0 Å². The number of rotatable bonds is 12. The second-order valence-corrected chi connectivity index (χ2v) is 5.88. The molecule has 0 rings (SSSR count). The van der Waals surface area contributed by atoms with Crippen LogP contribution in [0.4, 0.5) is 0 Å². The Balaban J connectivity index is 3.09. The van der Waals surface area contributed by atoms with E-state index in [0.717, 1.165) is 5.92 Å². The van der Waals surface area contributed by atoms with Gasteiger partial charge in [-0.2, -0.15) is 0 Å². The molecule has 1 heteroatoms. The Morgan fingerprint density at radius 2 is 1.25 bits per heavy atom. The van der Waals surface area contributed by atoms with Crippen LogP contribution in [0.25, 0.3) is 0 Å². The minimum absolute atomic E-state index is 0.970. The standard InChI is InChI=1S/C15H33P/c1-3-4-5-6-9-12-15(2)13-10-7-8-11-14-16/h15H,3-14,16H2,1-2H3. The Kier molecular flexibility index (Phi) is 13.9. The molecule has 0 bridgehead atoms. The largest absolute Gasteiger partial charge is 0.138 e. The van der Waals surface area contributed by atoms with Crippen molar-refractivity contribution < 1.29 is 0 Å². The quantitative estimate of drug-likeness (QED) is 0.300. The van der Waals surface area contributed by atoms with E-state index in [1.807, 2.05) is 0 Å². The SMILES string of the molecule is CCCCCCCC(C)CCCCCCP. The lowest BCUT2D eigenvalue weighted by Crippen LogP contribution is -1.95. The first-order valence-corrected chi connectivity index (χ1v) is 8.33. The second-order valence-electron chi connectivity index (χ2n) is 5.30. The smallest absolute Gasteiger partial charge is 0.0381 e. The fourth-order valence-electron chi connectivity index (χ4n) is 2.23. The molecule has 2 unspecified atom stereocenters. The molecule has 0 fully saturated rings. The number of unbranched alkanes of at least 4 members (excludes halogenated alkanes) is 7. The first kappa shape index (κ1) is 16.4. The van der Waals surface area contributed by atoms with Crippen molar-refractivity contribution in [1.29, 1.82) is 0 Å². The summed E-state index contributed by atoms with van der Waals surface area (Å²) in [5.74, 6) is 0.970. The first-order chi connectivity index (χ1) is 7.81. The first-order valence-electron chi connectivity index (χ1n) is 7.51. The Hall–Kier alpha value is 0.430. The van der Waals surface area contributed by atoms with Gasteiger partial charge in [0.2, 0.25) is 0 Å². The van der Waals surface area contributed by atoms with Crippen molar-refractivity contribution >= 4 is 9.24 Å². The van der Waals surface area contributed by atoms with Crippen LogP contribution in [0.1, 0.15) is 84.5 Å². The van der Waals surface area contributed by atoms with Crippen molar-refractivity contribution in [3.05, 3.63) is 0 Å². The molecule has 0 aromatic carbocycles. The molecule has 0 aliphatic carbocycles. The van der Waals surface area contributed by atoms with Crippen LogP contribution >= 0.6 is 9.24 Å². The minimum atomic E-state index is 0.970. The van der Waals surface area contributed by atoms with Crippen LogP contribution in [-0.2, 0) is 0 Å². The monoisotopic (exact) mass is 244 g/mol. The van der Waals surface area contributed by atoms with E-state index in [1.165, 1.54) is 76.8 Å². The van der Waals surface area contributed by atoms with E-state index in [9.17, 15) is 0 Å². The Labute approximate surface area is 106 Å². The summed E-state index contributed by atoms with van der Waals surface area (Å²) in [7, 11) is 2.82. The molecule has 0 saturated heterocycles. The second kappa shape index (κ2) is 13.5. The van der Waals surface area contributed by atoms with Gasteiger partial charge >= 0.3 is 0 Å². The summed E-state index contributed by atoms with van der Waals surface area (Å²) in [6, 6.07) is 0. The maximum atomic E-state index is 2.82. The average molecular weight is 244 g/mol. The predicted molar refractivity (Wildman–Crippen MR) is 80.2 cm³/mol. The highest BCUT2D eigenvalue weighted by Gasteiger charge is 2.01. The summed E-state index contributed by atoms with van der Waals surface area (Å²) >= 11 is 0. The third-order valence-corrected chi connectivity index (χ3v) is 3.86. The molecule has 0 radical (unpaired) electrons. The Morgan fingerprint density at radius 3 is 1.75 bits per heavy atom. The highest BCUT2D eigenvalue weighted by Crippen LogP contribution is 2.17. The topological polar surface area (TPSA) is 0 Å². The molecule has 0 aliphatic heterocycles. The van der Waals surface area contributed by atoms with Crippen molar-refractivity contribution in [2.75, 3.05) is 6.16 Å². The molecule has 0 N–H and O–H groups in total. The predicted octanol–water partition coefficient (Wildman–Crippen LogP) is 5.81. The third kappa shape index (κ3) is 12.5. The Bertz CT molecular complexity index is 109. The maximum absolute atomic E-state index is 2.82. The van der Waals surface area contributed by atoms with E-state index in [-0.39, 0.29) is 0 Å². The van der Waals surface area contributed by atoms with E-state index in [4.69, 9.17) is 0 Å². The number of hydrogen-bond donors (Lipinski definition) is 0. The summed E-state index contributed by atoms with van der Waals surface area (Å²) in [6.07, 6.45) is 17.1. The zero-order chi connectivity index (χ0) is 12.1. The molecule has 0 nitrogen and oxygen atoms in total. The molecule has 0 heterocycles. The molecule has 0 aliphatic rings. The highest BCUT2D eigenvalue weighted by molar-refractivity contribution is 7.16. The molecule has 98 valence electrons. The van der Waals surface area contributed by atoms with Crippen LogP contribution in [0.3, 0.4) is 0 Å². The van der Waals surface area contributed by atoms with Gasteiger partial charge in [-0.05, 0) is 18.5 Å². The zero-order valence-corrected chi connectivity index (χ0v) is 12.8. The molecule has 0 aromatic heterocycles. The summed E-state index contributed by atoms with van der Waals surface area (Å²) in [5, 5.41) is 0. The lowest BCUT2D eigenvalue weighted by molar-refractivity contribution is 0.435. The van der Waals surface area contributed by atoms with E-state index >= 15 is 0 Å². The maximum Gasteiger partial charge on any atom is -0.0381 e. The van der Waals surface area contributed by atoms with Crippen molar-refractivity contribution in [2.45, 2.75) is 84.5 Å². The van der Waals surface area contributed by atoms with Gasteiger partial charge in [0.1, 0.15) is 0 Å². The van der Waals surface area contributed by atoms with Crippen LogP contribution in [0, 0.1) is 5.92 Å². The lowest BCUT2D eigenvalue weighted by Gasteiger charge is -2.10. The summed E-state index contributed by atoms with van der Waals surface area (Å²) in [5.41, 5.74) is 0. The fourth-order valence-corrected chi connectivity index (χ4v) is 2.52. The normalized spacial score (nSPS) is 12.9. The molecule has 16 heavy (non-hydrogen) atoms. The summed E-state index contributed by atoms with van der Waals surface area (Å²) in [6.45, 7) is 4.73. The summed E-state index contributed by atoms with van der Waals surface area (Å²) in [4.78, 5) is 0. The van der Waals surface area contributed by atoms with Gasteiger partial charge < -0.3 is 0 Å². The third-order valence-electron chi connectivity index (χ3n) is 3.45. The van der Waals surface area contributed by atoms with Gasteiger partial charge in [-0.1, -0.05) is 78.1 Å². The van der Waals surface area contributed by atoms with Gasteiger partial charge in [0.15, 0.2) is 0 Å². The van der Waals surface area contributed by atoms with Crippen LogP contribution in [0.15, 0.2) is 0 Å². The molecule has 0 amide bonds. The summed E-state index contributed by atoms with van der Waals surface area (Å²) < 4.78 is 0. The highest BCUT2D eigenvalue weighted by atomic mass is 31.0. The van der Waals surface area contributed by atoms with Gasteiger partial charge in [-0.15, -0.1) is 9.24 Å². The van der Waals surface area contributed by atoms with Crippen molar-refractivity contribution in [2.24, 2.45) is 5.92 Å². The number of hydrogen-bond acceptors (Lipinski definition) is 0. The molecule has 0 spiro atoms. The van der Waals surface area contributed by atoms with Gasteiger partial charge in [-0.3, -0.25) is 0 Å². The fraction of sp³-hybridized carbons (Fsp3) is 1.00. The van der Waals surface area contributed by atoms with E-state index in [1.54, 1.807) is 0 Å². The van der Waals surface area contributed by atoms with E-state index in [2.05, 4.69) is 23.1 Å². The van der Waals surface area contributed by atoms with Crippen LogP contribution in [0.5, 0.6) is 0 Å². The average Bonchev–Trinajstić information content (AvgIpc) is 2.28. The zero-order valence-electron chi connectivity index (χ0n) is 11.6. The van der Waals surface area contributed by atoms with Gasteiger partial charge in [0, 0.05) is 0 Å². The molecule has 0 aromatic rings. The van der Waals surface area contributed by atoms with Crippen molar-refractivity contribution in [1.82, 2.24) is 0 Å². The van der Waals surface area contributed by atoms with Gasteiger partial charge in [0.05, 0.1) is 0 Å². The molecule has 2 atom stereocenters. The van der Waals surface area contributed by atoms with Crippen LogP contribution in [-0.4, -0.2) is 6.16 Å². The lowest BCUT2D eigenvalue weighted by atomic mass is 9.96. The molecular formula is C15H33P. The molecular weight excluding hydrogens is 211 g/mol. The Morgan fingerprint density at radius 1 is 0.750 bits per heavy atom. The van der Waals surface area contributed by atoms with Crippen LogP contribution in [0.2, 0.25) is 0 Å². The van der Waals surface area contributed by atoms with Crippen LogP contribution < -0.4 is 0 Å². The molecule has 0 saturated carbocycles. The van der Waals surface area contributed by atoms with E-state index in [0.29, 0.717) is 0 Å². The minimum Gasteiger partial charge on any atom is -0.138 e. The van der Waals surface area contributed by atoms with Gasteiger partial charge in [-0.25, -0.2) is 0 Å². The van der Waals surface area contributed by atoms with Crippen molar-refractivity contribution in [3.63, 3.8) is 0 Å².